The average Bonchev–Trinajstić information content (AvgIpc) is 3.05. The molecule has 0 bridgehead atoms. The Morgan fingerprint density at radius 3 is 0.353 bits per heavy atom. The van der Waals surface area contributed by atoms with Crippen molar-refractivity contribution in [2.75, 3.05) is 118 Å². The molecular formula is C30H48N6Na3O28P. The van der Waals surface area contributed by atoms with Gasteiger partial charge in [0, 0.05) is 39.3 Å². The molecule has 34 nitrogen and oxygen atoms in total. The molecule has 68 heavy (non-hydrogen) atoms. The minimum atomic E-state index is -5.39. The summed E-state index contributed by atoms with van der Waals surface area (Å²) in [5.74, 6) is -14.7. The molecule has 38 heteroatoms. The maximum absolute atomic E-state index is 10.6. The van der Waals surface area contributed by atoms with E-state index in [0.29, 0.717) is 0 Å². The van der Waals surface area contributed by atoms with Crippen LogP contribution in [0.1, 0.15) is 0 Å². The van der Waals surface area contributed by atoms with Crippen LogP contribution in [0.5, 0.6) is 0 Å². The second kappa shape index (κ2) is 44.7. The Bertz CT molecular complexity index is 1290. The minimum absolute atomic E-state index is 0. The van der Waals surface area contributed by atoms with E-state index in [9.17, 15) is 57.5 Å². The molecule has 0 heterocycles. The molecule has 12 N–H and O–H groups in total. The summed E-state index contributed by atoms with van der Waals surface area (Å²) < 4.78 is 8.55. The number of carbonyl (C=O) groups is 12. The Labute approximate surface area is 450 Å². The van der Waals surface area contributed by atoms with Gasteiger partial charge in [0.2, 0.25) is 0 Å². The van der Waals surface area contributed by atoms with Gasteiger partial charge in [-0.3, -0.25) is 86.9 Å². The van der Waals surface area contributed by atoms with Gasteiger partial charge in [-0.1, -0.05) is 0 Å². The summed E-state index contributed by atoms with van der Waals surface area (Å²) in [5, 5.41) is 103. The Hall–Kier alpha value is -3.49. The van der Waals surface area contributed by atoms with Crippen molar-refractivity contribution in [3.05, 3.63) is 0 Å². The fourth-order valence-corrected chi connectivity index (χ4v) is 4.43. The zero-order chi connectivity index (χ0) is 51.6. The predicted octanol–water partition coefficient (Wildman–Crippen LogP) is -18.0. The summed E-state index contributed by atoms with van der Waals surface area (Å²) in [4.78, 5) is 159. The quantitative estimate of drug-likeness (QED) is 0.0214. The molecule has 0 aromatic carbocycles. The summed E-state index contributed by atoms with van der Waals surface area (Å²) in [5.41, 5.74) is 0. The van der Waals surface area contributed by atoms with Gasteiger partial charge in [0.15, 0.2) is 0 Å². The number of hydrogen-bond donors (Lipinski definition) is 12. The van der Waals surface area contributed by atoms with Crippen LogP contribution in [0.25, 0.3) is 0 Å². The Morgan fingerprint density at radius 1 is 0.250 bits per heavy atom. The molecule has 0 unspecified atom stereocenters. The Kier molecular flexibility index (Phi) is 51.7. The smallest absolute Gasteiger partial charge is 0.822 e. The minimum Gasteiger partial charge on any atom is -0.822 e. The van der Waals surface area contributed by atoms with E-state index >= 15 is 0 Å². The summed E-state index contributed by atoms with van der Waals surface area (Å²) in [6, 6.07) is 0. The molecule has 0 aromatic rings. The van der Waals surface area contributed by atoms with Crippen molar-refractivity contribution in [1.29, 1.82) is 0 Å². The van der Waals surface area contributed by atoms with Crippen molar-refractivity contribution in [3.8, 4) is 0 Å². The largest absolute Gasteiger partial charge is 1.00 e. The SMILES string of the molecule is O=C(O)CN(CCN(CC(=O)O)CC(=O)O)CC(=O)O.O=C(O)CN(CCN(CC(=O)O)CC(=O)O)CC(=O)O.O=C(O)CN(CCN(CC(=O)O)CC(=O)O)CC(=O)O.O=P([O-])([O-])[O-].[Na+].[Na+].[Na+]. The van der Waals surface area contributed by atoms with Gasteiger partial charge in [0.1, 0.15) is 0 Å². The van der Waals surface area contributed by atoms with Crippen LogP contribution in [0.2, 0.25) is 0 Å². The van der Waals surface area contributed by atoms with Crippen molar-refractivity contribution in [3.63, 3.8) is 0 Å². The van der Waals surface area contributed by atoms with Gasteiger partial charge in [0.05, 0.1) is 78.5 Å². The van der Waals surface area contributed by atoms with Gasteiger partial charge in [0.25, 0.3) is 0 Å². The number of aliphatic carboxylic acids is 12. The molecule has 0 amide bonds. The molecular weight excluding hydrogens is 992 g/mol. The number of hydrogen-bond acceptors (Lipinski definition) is 22. The van der Waals surface area contributed by atoms with E-state index in [2.05, 4.69) is 0 Å². The third-order valence-corrected chi connectivity index (χ3v) is 6.50. The van der Waals surface area contributed by atoms with Crippen molar-refractivity contribution >= 4 is 79.5 Å². The number of rotatable bonds is 33. The first-order valence-electron chi connectivity index (χ1n) is 17.3. The van der Waals surface area contributed by atoms with Crippen LogP contribution in [0.15, 0.2) is 0 Å². The van der Waals surface area contributed by atoms with Gasteiger partial charge in [-0.25, -0.2) is 0 Å². The third kappa shape index (κ3) is 66.8. The first kappa shape index (κ1) is 78.7. The van der Waals surface area contributed by atoms with Gasteiger partial charge >= 0.3 is 160 Å². The van der Waals surface area contributed by atoms with E-state index in [-0.39, 0.29) is 128 Å². The molecule has 0 aliphatic carbocycles. The summed E-state index contributed by atoms with van der Waals surface area (Å²) >= 11 is 0. The molecule has 0 aliphatic heterocycles. The number of phosphoric acid groups is 1. The number of carboxylic acid groups (broad SMARTS) is 12. The predicted molar refractivity (Wildman–Crippen MR) is 198 cm³/mol. The molecule has 0 spiro atoms. The monoisotopic (exact) mass is 1040 g/mol. The number of nitrogens with zero attached hydrogens (tertiary/aromatic N) is 6. The van der Waals surface area contributed by atoms with Crippen LogP contribution in [-0.4, -0.2) is 280 Å². The molecule has 0 aromatic heterocycles. The van der Waals surface area contributed by atoms with Crippen molar-refractivity contribution < 1.29 is 227 Å². The molecule has 0 fully saturated rings. The second-order valence-corrected chi connectivity index (χ2v) is 13.3. The summed E-state index contributed by atoms with van der Waals surface area (Å²) in [6.45, 7) is -6.75. The van der Waals surface area contributed by atoms with Crippen molar-refractivity contribution in [1.82, 2.24) is 29.4 Å². The maximum atomic E-state index is 10.6. The van der Waals surface area contributed by atoms with E-state index in [4.69, 9.17) is 80.5 Å². The normalized spacial score (nSPS) is 10.3. The number of carboxylic acids is 12. The van der Waals surface area contributed by atoms with E-state index in [1.54, 1.807) is 0 Å². The second-order valence-electron chi connectivity index (χ2n) is 12.4. The molecule has 0 atom stereocenters. The van der Waals surface area contributed by atoms with Gasteiger partial charge in [-0.05, 0) is 0 Å². The first-order chi connectivity index (χ1) is 29.6. The van der Waals surface area contributed by atoms with Crippen LogP contribution in [-0.2, 0) is 62.1 Å². The first-order valence-corrected chi connectivity index (χ1v) is 18.8. The molecule has 374 valence electrons. The fraction of sp³-hybridized carbons (Fsp3) is 0.600. The van der Waals surface area contributed by atoms with E-state index in [1.807, 2.05) is 0 Å². The van der Waals surface area contributed by atoms with Crippen LogP contribution in [0.4, 0.5) is 0 Å². The standard InChI is InChI=1S/3C10H16N2O8.3Na.H3O4P/c3*13-7(14)3-11(4-8(15)16)1-2-12(5-9(17)18)6-10(19)20;;;;1-5(2,3)4/h3*1-6H2,(H,13,14)(H,15,16)(H,17,18)(H,19,20);;;;(H3,1,2,3,4)/q;;;3*+1;/p-3. The van der Waals surface area contributed by atoms with E-state index < -0.39 is 158 Å². The molecule has 0 aliphatic rings. The zero-order valence-electron chi connectivity index (χ0n) is 36.8. The van der Waals surface area contributed by atoms with Gasteiger partial charge in [-0.2, -0.15) is 7.82 Å². The summed E-state index contributed by atoms with van der Waals surface area (Å²) in [6.07, 6.45) is 0. The van der Waals surface area contributed by atoms with Gasteiger partial charge < -0.3 is 80.5 Å². The van der Waals surface area contributed by atoms with Crippen molar-refractivity contribution in [2.24, 2.45) is 0 Å². The van der Waals surface area contributed by atoms with Crippen LogP contribution >= 0.6 is 7.82 Å². The molecule has 0 rings (SSSR count). The Morgan fingerprint density at radius 2 is 0.309 bits per heavy atom. The molecule has 0 radical (unpaired) electrons. The van der Waals surface area contributed by atoms with E-state index in [0.717, 1.165) is 29.4 Å². The van der Waals surface area contributed by atoms with Crippen molar-refractivity contribution in [2.45, 2.75) is 0 Å². The maximum Gasteiger partial charge on any atom is 1.00 e. The van der Waals surface area contributed by atoms with Gasteiger partial charge in [-0.15, -0.1) is 0 Å². The van der Waals surface area contributed by atoms with E-state index in [1.165, 1.54) is 0 Å². The fourth-order valence-electron chi connectivity index (χ4n) is 4.43. The zero-order valence-corrected chi connectivity index (χ0v) is 43.7. The average molecular weight is 1040 g/mol. The molecule has 0 saturated carbocycles. The third-order valence-electron chi connectivity index (χ3n) is 6.50. The van der Waals surface area contributed by atoms with Crippen LogP contribution < -0.4 is 103 Å². The molecule has 0 saturated heterocycles. The summed E-state index contributed by atoms with van der Waals surface area (Å²) in [7, 11) is -5.39. The Balaban J connectivity index is -0.000000153. The topological polar surface area (TPSA) is 553 Å². The van der Waals surface area contributed by atoms with Crippen LogP contribution in [0.3, 0.4) is 0 Å². The van der Waals surface area contributed by atoms with Crippen LogP contribution in [0, 0.1) is 0 Å².